The SMILES string of the molecule is Cn1cc(-c2cccc(-c3ccc(CC(=O)O)s3)c2)cn1. The molecule has 0 unspecified atom stereocenters. The van der Waals surface area contributed by atoms with E-state index >= 15 is 0 Å². The Hall–Kier alpha value is -2.40. The predicted molar refractivity (Wildman–Crippen MR) is 83.3 cm³/mol. The molecule has 2 heterocycles. The number of aryl methyl sites for hydroxylation is 1. The number of carboxylic acid groups (broad SMARTS) is 1. The molecule has 5 heteroatoms. The van der Waals surface area contributed by atoms with Crippen LogP contribution in [0.3, 0.4) is 0 Å². The molecule has 21 heavy (non-hydrogen) atoms. The van der Waals surface area contributed by atoms with Gasteiger partial charge in [0, 0.05) is 28.6 Å². The van der Waals surface area contributed by atoms with Crippen LogP contribution in [0.1, 0.15) is 4.88 Å². The van der Waals surface area contributed by atoms with Gasteiger partial charge < -0.3 is 5.11 Å². The summed E-state index contributed by atoms with van der Waals surface area (Å²) in [4.78, 5) is 12.7. The summed E-state index contributed by atoms with van der Waals surface area (Å²) >= 11 is 1.52. The largest absolute Gasteiger partial charge is 0.481 e. The molecule has 0 aliphatic carbocycles. The number of nitrogens with zero attached hydrogens (tertiary/aromatic N) is 2. The molecule has 0 aliphatic heterocycles. The predicted octanol–water partition coefficient (Wildman–Crippen LogP) is 3.44. The first-order chi connectivity index (χ1) is 10.1. The number of carboxylic acids is 1. The van der Waals surface area contributed by atoms with Crippen molar-refractivity contribution in [2.24, 2.45) is 7.05 Å². The highest BCUT2D eigenvalue weighted by Crippen LogP contribution is 2.31. The third-order valence-corrected chi connectivity index (χ3v) is 4.31. The van der Waals surface area contributed by atoms with Crippen molar-refractivity contribution in [3.8, 4) is 21.6 Å². The van der Waals surface area contributed by atoms with Gasteiger partial charge in [0.15, 0.2) is 0 Å². The van der Waals surface area contributed by atoms with Gasteiger partial charge in [0.25, 0.3) is 0 Å². The lowest BCUT2D eigenvalue weighted by Crippen LogP contribution is -1.96. The van der Waals surface area contributed by atoms with Crippen molar-refractivity contribution in [3.63, 3.8) is 0 Å². The van der Waals surface area contributed by atoms with Crippen LogP contribution in [0, 0.1) is 0 Å². The Labute approximate surface area is 126 Å². The molecule has 0 fully saturated rings. The molecule has 2 aromatic heterocycles. The van der Waals surface area contributed by atoms with E-state index in [1.165, 1.54) is 11.3 Å². The van der Waals surface area contributed by atoms with Crippen molar-refractivity contribution in [1.29, 1.82) is 0 Å². The minimum Gasteiger partial charge on any atom is -0.481 e. The van der Waals surface area contributed by atoms with Crippen molar-refractivity contribution >= 4 is 17.3 Å². The number of hydrogen-bond donors (Lipinski definition) is 1. The summed E-state index contributed by atoms with van der Waals surface area (Å²) in [6.07, 6.45) is 3.89. The van der Waals surface area contributed by atoms with E-state index in [4.69, 9.17) is 5.11 Å². The lowest BCUT2D eigenvalue weighted by molar-refractivity contribution is -0.136. The molecule has 0 spiro atoms. The zero-order valence-corrected chi connectivity index (χ0v) is 12.3. The van der Waals surface area contributed by atoms with Crippen LogP contribution in [0.25, 0.3) is 21.6 Å². The lowest BCUT2D eigenvalue weighted by Gasteiger charge is -2.01. The Morgan fingerprint density at radius 1 is 1.24 bits per heavy atom. The lowest BCUT2D eigenvalue weighted by atomic mass is 10.1. The number of benzene rings is 1. The molecule has 106 valence electrons. The highest BCUT2D eigenvalue weighted by molar-refractivity contribution is 7.15. The normalized spacial score (nSPS) is 10.7. The Bertz CT molecular complexity index is 789. The van der Waals surface area contributed by atoms with Crippen LogP contribution in [-0.4, -0.2) is 20.9 Å². The van der Waals surface area contributed by atoms with Gasteiger partial charge in [-0.05, 0) is 29.3 Å². The molecule has 0 saturated heterocycles. The summed E-state index contributed by atoms with van der Waals surface area (Å²) < 4.78 is 1.78. The van der Waals surface area contributed by atoms with Gasteiger partial charge >= 0.3 is 5.97 Å². The molecule has 1 aromatic carbocycles. The van der Waals surface area contributed by atoms with Gasteiger partial charge in [-0.3, -0.25) is 9.48 Å². The number of rotatable bonds is 4. The second-order valence-electron chi connectivity index (χ2n) is 4.82. The van der Waals surface area contributed by atoms with E-state index < -0.39 is 5.97 Å². The molecular weight excluding hydrogens is 284 g/mol. The first-order valence-corrected chi connectivity index (χ1v) is 7.33. The second-order valence-corrected chi connectivity index (χ2v) is 5.99. The number of aromatic nitrogens is 2. The molecule has 0 bridgehead atoms. The molecule has 0 atom stereocenters. The molecular formula is C16H14N2O2S. The van der Waals surface area contributed by atoms with Crippen molar-refractivity contribution in [1.82, 2.24) is 9.78 Å². The molecule has 4 nitrogen and oxygen atoms in total. The molecule has 1 N–H and O–H groups in total. The minimum absolute atomic E-state index is 0.0764. The van der Waals surface area contributed by atoms with Gasteiger partial charge in [0.2, 0.25) is 0 Å². The van der Waals surface area contributed by atoms with E-state index in [2.05, 4.69) is 11.2 Å². The van der Waals surface area contributed by atoms with Crippen molar-refractivity contribution < 1.29 is 9.90 Å². The fraction of sp³-hybridized carbons (Fsp3) is 0.125. The first-order valence-electron chi connectivity index (χ1n) is 6.52. The quantitative estimate of drug-likeness (QED) is 0.802. The third-order valence-electron chi connectivity index (χ3n) is 3.17. The fourth-order valence-electron chi connectivity index (χ4n) is 2.20. The first kappa shape index (κ1) is 13.6. The fourth-order valence-corrected chi connectivity index (χ4v) is 3.19. The van der Waals surface area contributed by atoms with E-state index in [1.54, 1.807) is 4.68 Å². The molecule has 0 amide bonds. The summed E-state index contributed by atoms with van der Waals surface area (Å²) in [5.74, 6) is -0.799. The van der Waals surface area contributed by atoms with E-state index in [0.717, 1.165) is 26.4 Å². The van der Waals surface area contributed by atoms with Gasteiger partial charge in [-0.15, -0.1) is 11.3 Å². The summed E-state index contributed by atoms with van der Waals surface area (Å²) in [6, 6.07) is 12.1. The van der Waals surface area contributed by atoms with E-state index in [9.17, 15) is 4.79 Å². The van der Waals surface area contributed by atoms with Crippen LogP contribution >= 0.6 is 11.3 Å². The van der Waals surface area contributed by atoms with E-state index in [-0.39, 0.29) is 6.42 Å². The Balaban J connectivity index is 1.92. The second kappa shape index (κ2) is 5.54. The number of aliphatic carboxylic acids is 1. The summed E-state index contributed by atoms with van der Waals surface area (Å²) in [5, 5.41) is 13.0. The van der Waals surface area contributed by atoms with Gasteiger partial charge in [-0.2, -0.15) is 5.10 Å². The average molecular weight is 298 g/mol. The minimum atomic E-state index is -0.799. The maximum absolute atomic E-state index is 10.8. The summed E-state index contributed by atoms with van der Waals surface area (Å²) in [5.41, 5.74) is 3.27. The van der Waals surface area contributed by atoms with Crippen LogP contribution in [0.2, 0.25) is 0 Å². The zero-order chi connectivity index (χ0) is 14.8. The molecule has 0 radical (unpaired) electrons. The van der Waals surface area contributed by atoms with Crippen molar-refractivity contribution in [2.75, 3.05) is 0 Å². The van der Waals surface area contributed by atoms with Crippen molar-refractivity contribution in [3.05, 3.63) is 53.7 Å². The topological polar surface area (TPSA) is 55.1 Å². The van der Waals surface area contributed by atoms with Gasteiger partial charge in [-0.1, -0.05) is 18.2 Å². The highest BCUT2D eigenvalue weighted by atomic mass is 32.1. The van der Waals surface area contributed by atoms with Gasteiger partial charge in [0.1, 0.15) is 0 Å². The Kier molecular flexibility index (Phi) is 3.58. The molecule has 3 rings (SSSR count). The third kappa shape index (κ3) is 3.03. The number of thiophene rings is 1. The van der Waals surface area contributed by atoms with Crippen LogP contribution < -0.4 is 0 Å². The Morgan fingerprint density at radius 2 is 2.05 bits per heavy atom. The highest BCUT2D eigenvalue weighted by Gasteiger charge is 2.08. The monoisotopic (exact) mass is 298 g/mol. The zero-order valence-electron chi connectivity index (χ0n) is 11.5. The summed E-state index contributed by atoms with van der Waals surface area (Å²) in [7, 11) is 1.89. The molecule has 0 saturated carbocycles. The van der Waals surface area contributed by atoms with Gasteiger partial charge in [0.05, 0.1) is 12.6 Å². The molecule has 3 aromatic rings. The summed E-state index contributed by atoms with van der Waals surface area (Å²) in [6.45, 7) is 0. The molecule has 0 aliphatic rings. The van der Waals surface area contributed by atoms with Crippen LogP contribution in [-0.2, 0) is 18.3 Å². The smallest absolute Gasteiger partial charge is 0.308 e. The van der Waals surface area contributed by atoms with Gasteiger partial charge in [-0.25, -0.2) is 0 Å². The maximum atomic E-state index is 10.8. The van der Waals surface area contributed by atoms with E-state index in [0.29, 0.717) is 0 Å². The van der Waals surface area contributed by atoms with Crippen molar-refractivity contribution in [2.45, 2.75) is 6.42 Å². The van der Waals surface area contributed by atoms with Crippen LogP contribution in [0.15, 0.2) is 48.8 Å². The number of hydrogen-bond acceptors (Lipinski definition) is 3. The van der Waals surface area contributed by atoms with E-state index in [1.807, 2.05) is 49.8 Å². The number of carbonyl (C=O) groups is 1. The van der Waals surface area contributed by atoms with Crippen LogP contribution in [0.4, 0.5) is 0 Å². The maximum Gasteiger partial charge on any atom is 0.308 e. The Morgan fingerprint density at radius 3 is 2.76 bits per heavy atom. The average Bonchev–Trinajstić information content (AvgIpc) is 3.07. The standard InChI is InChI=1S/C16H14N2O2S/c1-18-10-13(9-17-18)11-3-2-4-12(7-11)15-6-5-14(21-15)8-16(19)20/h2-7,9-10H,8H2,1H3,(H,19,20). The van der Waals surface area contributed by atoms with Crippen LogP contribution in [0.5, 0.6) is 0 Å².